The molecule has 2 atom stereocenters. The number of hydrogen-bond acceptors (Lipinski definition) is 6. The zero-order chi connectivity index (χ0) is 25.1. The van der Waals surface area contributed by atoms with E-state index in [1.807, 2.05) is 17.0 Å². The molecule has 0 aliphatic carbocycles. The number of aryl methyl sites for hydroxylation is 1. The van der Waals surface area contributed by atoms with Crippen molar-refractivity contribution in [3.63, 3.8) is 0 Å². The van der Waals surface area contributed by atoms with Gasteiger partial charge in [0.05, 0.1) is 12.1 Å². The molecule has 3 heterocycles. The van der Waals surface area contributed by atoms with Crippen LogP contribution in [0.1, 0.15) is 64.4 Å². The number of oxazole rings is 1. The van der Waals surface area contributed by atoms with Gasteiger partial charge in [0.1, 0.15) is 12.0 Å². The number of carbonyl (C=O) groups excluding carboxylic acids is 2. The molecular weight excluding hydrogens is 458 g/mol. The molecule has 0 spiro atoms. The van der Waals surface area contributed by atoms with Gasteiger partial charge in [0, 0.05) is 26.6 Å². The lowest BCUT2D eigenvalue weighted by atomic mass is 9.87. The van der Waals surface area contributed by atoms with Gasteiger partial charge in [-0.3, -0.25) is 9.59 Å². The van der Waals surface area contributed by atoms with Gasteiger partial charge in [-0.1, -0.05) is 35.9 Å². The van der Waals surface area contributed by atoms with Crippen LogP contribution in [0, 0.1) is 6.92 Å². The van der Waals surface area contributed by atoms with Gasteiger partial charge in [0.15, 0.2) is 12.3 Å². The molecule has 8 nitrogen and oxygen atoms in total. The van der Waals surface area contributed by atoms with Gasteiger partial charge in [-0.15, -0.1) is 0 Å². The van der Waals surface area contributed by atoms with Gasteiger partial charge < -0.3 is 24.1 Å². The summed E-state index contributed by atoms with van der Waals surface area (Å²) in [5.41, 5.74) is 4.71. The summed E-state index contributed by atoms with van der Waals surface area (Å²) in [7, 11) is 0. The highest BCUT2D eigenvalue weighted by molar-refractivity contribution is 5.91. The van der Waals surface area contributed by atoms with E-state index in [0.717, 1.165) is 37.0 Å². The number of aromatic nitrogens is 1. The number of nitrogens with zero attached hydrogens (tertiary/aromatic N) is 2. The highest BCUT2D eigenvalue weighted by Crippen LogP contribution is 2.37. The van der Waals surface area contributed by atoms with Crippen molar-refractivity contribution < 1.29 is 23.5 Å². The first-order valence-corrected chi connectivity index (χ1v) is 12.4. The monoisotopic (exact) mass is 489 g/mol. The van der Waals surface area contributed by atoms with Gasteiger partial charge >= 0.3 is 0 Å². The van der Waals surface area contributed by atoms with E-state index < -0.39 is 0 Å². The fourth-order valence-electron chi connectivity index (χ4n) is 4.86. The minimum atomic E-state index is -0.292. The highest BCUT2D eigenvalue weighted by atomic mass is 16.5. The molecule has 3 aromatic rings. The molecule has 0 radical (unpaired) electrons. The Balaban J connectivity index is 1.28. The average Bonchev–Trinajstić information content (AvgIpc) is 3.58. The molecule has 2 aromatic carbocycles. The number of fused-ring (bicyclic) bond motifs is 1. The minimum Gasteiger partial charge on any atom is -0.484 e. The summed E-state index contributed by atoms with van der Waals surface area (Å²) in [6.07, 6.45) is 4.17. The molecule has 0 saturated carbocycles. The van der Waals surface area contributed by atoms with E-state index in [-0.39, 0.29) is 36.3 Å². The van der Waals surface area contributed by atoms with Crippen molar-refractivity contribution in [2.45, 2.75) is 51.9 Å². The second-order valence-corrected chi connectivity index (χ2v) is 9.40. The van der Waals surface area contributed by atoms with E-state index >= 15 is 0 Å². The summed E-state index contributed by atoms with van der Waals surface area (Å²) in [6, 6.07) is 14.1. The molecule has 188 valence electrons. The molecular formula is C28H31N3O5. The zero-order valence-electron chi connectivity index (χ0n) is 20.7. The first kappa shape index (κ1) is 24.1. The van der Waals surface area contributed by atoms with Crippen LogP contribution in [0.2, 0.25) is 0 Å². The lowest BCUT2D eigenvalue weighted by Crippen LogP contribution is -2.39. The molecule has 2 unspecified atom stereocenters. The van der Waals surface area contributed by atoms with E-state index in [9.17, 15) is 9.59 Å². The fourth-order valence-corrected chi connectivity index (χ4v) is 4.86. The summed E-state index contributed by atoms with van der Waals surface area (Å²) in [6.45, 7) is 5.64. The van der Waals surface area contributed by atoms with E-state index in [1.54, 1.807) is 6.92 Å². The normalized spacial score (nSPS) is 19.1. The van der Waals surface area contributed by atoms with Crippen molar-refractivity contribution in [1.82, 2.24) is 15.2 Å². The quantitative estimate of drug-likeness (QED) is 0.540. The molecule has 2 amide bonds. The van der Waals surface area contributed by atoms with Crippen LogP contribution in [0.5, 0.6) is 5.75 Å². The van der Waals surface area contributed by atoms with Gasteiger partial charge in [-0.2, -0.15) is 0 Å². The Hall–Kier alpha value is -3.65. The Morgan fingerprint density at radius 1 is 1.19 bits per heavy atom. The molecule has 1 N–H and O–H groups in total. The molecule has 1 aromatic heterocycles. The topological polar surface area (TPSA) is 93.9 Å². The minimum absolute atomic E-state index is 0.0441. The van der Waals surface area contributed by atoms with Crippen LogP contribution < -0.4 is 10.1 Å². The maximum Gasteiger partial charge on any atom is 0.273 e. The van der Waals surface area contributed by atoms with Gasteiger partial charge in [-0.25, -0.2) is 4.98 Å². The maximum absolute atomic E-state index is 12.5. The van der Waals surface area contributed by atoms with Crippen LogP contribution in [0.15, 0.2) is 53.1 Å². The standard InChI is InChI=1S/C28H31N3O5/c1-18-5-7-21(8-6-18)27-24-14-22(10-9-20(24)11-12-31(27)19(2)32)35-17-26-30-25(16-36-26)28(33)29-15-23-4-3-13-34-23/h5-10,14,16,23,27H,3-4,11-13,15,17H2,1-2H3,(H,29,33). The van der Waals surface area contributed by atoms with E-state index in [1.165, 1.54) is 17.4 Å². The van der Waals surface area contributed by atoms with E-state index in [0.29, 0.717) is 24.7 Å². The Labute approximate surface area is 210 Å². The third-order valence-corrected chi connectivity index (χ3v) is 6.80. The predicted octanol–water partition coefficient (Wildman–Crippen LogP) is 3.96. The van der Waals surface area contributed by atoms with Crippen molar-refractivity contribution in [2.75, 3.05) is 19.7 Å². The maximum atomic E-state index is 12.5. The van der Waals surface area contributed by atoms with Crippen molar-refractivity contribution in [3.05, 3.63) is 82.6 Å². The summed E-state index contributed by atoms with van der Waals surface area (Å²) in [5, 5.41) is 2.84. The smallest absolute Gasteiger partial charge is 0.273 e. The number of benzene rings is 2. The summed E-state index contributed by atoms with van der Waals surface area (Å²) >= 11 is 0. The predicted molar refractivity (Wildman–Crippen MR) is 133 cm³/mol. The molecule has 2 aliphatic heterocycles. The summed E-state index contributed by atoms with van der Waals surface area (Å²) in [5.74, 6) is 0.719. The third kappa shape index (κ3) is 5.28. The number of amides is 2. The lowest BCUT2D eigenvalue weighted by Gasteiger charge is -2.37. The van der Waals surface area contributed by atoms with Gasteiger partial charge in [0.2, 0.25) is 11.8 Å². The number of rotatable bonds is 7. The number of carbonyl (C=O) groups is 2. The number of nitrogens with one attached hydrogen (secondary N) is 1. The first-order chi connectivity index (χ1) is 17.5. The highest BCUT2D eigenvalue weighted by Gasteiger charge is 2.31. The summed E-state index contributed by atoms with van der Waals surface area (Å²) < 4.78 is 17.0. The molecule has 1 saturated heterocycles. The van der Waals surface area contributed by atoms with Crippen LogP contribution in [-0.2, 0) is 22.6 Å². The van der Waals surface area contributed by atoms with Crippen LogP contribution in [0.3, 0.4) is 0 Å². The van der Waals surface area contributed by atoms with Crippen molar-refractivity contribution in [2.24, 2.45) is 0 Å². The van der Waals surface area contributed by atoms with Crippen molar-refractivity contribution in [1.29, 1.82) is 0 Å². The number of hydrogen-bond donors (Lipinski definition) is 1. The lowest BCUT2D eigenvalue weighted by molar-refractivity contribution is -0.130. The SMILES string of the molecule is CC(=O)N1CCc2ccc(OCc3nc(C(=O)NCC4CCCO4)co3)cc2C1c1ccc(C)cc1. The Morgan fingerprint density at radius 2 is 2.03 bits per heavy atom. The average molecular weight is 490 g/mol. The van der Waals surface area contributed by atoms with E-state index in [2.05, 4.69) is 47.6 Å². The molecule has 1 fully saturated rings. The van der Waals surface area contributed by atoms with Crippen LogP contribution >= 0.6 is 0 Å². The largest absolute Gasteiger partial charge is 0.484 e. The van der Waals surface area contributed by atoms with Gasteiger partial charge in [-0.05, 0) is 55.0 Å². The molecule has 36 heavy (non-hydrogen) atoms. The molecule has 5 rings (SSSR count). The second-order valence-electron chi connectivity index (χ2n) is 9.40. The first-order valence-electron chi connectivity index (χ1n) is 12.4. The van der Waals surface area contributed by atoms with Crippen LogP contribution in [0.25, 0.3) is 0 Å². The third-order valence-electron chi connectivity index (χ3n) is 6.80. The van der Waals surface area contributed by atoms with Gasteiger partial charge in [0.25, 0.3) is 5.91 Å². The second kappa shape index (κ2) is 10.5. The van der Waals surface area contributed by atoms with Crippen molar-refractivity contribution >= 4 is 11.8 Å². The Kier molecular flexibility index (Phi) is 7.04. The fraction of sp³-hybridized carbons (Fsp3) is 0.393. The molecule has 0 bridgehead atoms. The van der Waals surface area contributed by atoms with Crippen LogP contribution in [-0.4, -0.2) is 47.5 Å². The molecule has 2 aliphatic rings. The number of ether oxygens (including phenoxy) is 2. The Bertz CT molecular complexity index is 1230. The Morgan fingerprint density at radius 3 is 2.78 bits per heavy atom. The summed E-state index contributed by atoms with van der Waals surface area (Å²) in [4.78, 5) is 31.0. The molecule has 8 heteroatoms. The van der Waals surface area contributed by atoms with Crippen LogP contribution in [0.4, 0.5) is 0 Å². The van der Waals surface area contributed by atoms with E-state index in [4.69, 9.17) is 13.9 Å². The zero-order valence-corrected chi connectivity index (χ0v) is 20.7. The van der Waals surface area contributed by atoms with Crippen molar-refractivity contribution in [3.8, 4) is 5.75 Å².